The molecule has 0 amide bonds. The Balaban J connectivity index is 2.30. The van der Waals surface area contributed by atoms with Crippen molar-refractivity contribution in [3.63, 3.8) is 0 Å². The van der Waals surface area contributed by atoms with Gasteiger partial charge in [0.05, 0.1) is 22.1 Å². The zero-order valence-corrected chi connectivity index (χ0v) is 15.2. The van der Waals surface area contributed by atoms with Crippen molar-refractivity contribution in [1.82, 2.24) is 13.7 Å². The van der Waals surface area contributed by atoms with E-state index in [1.807, 2.05) is 0 Å². The molecule has 0 aliphatic carbocycles. The maximum absolute atomic E-state index is 13.1. The number of para-hydroxylation sites is 1. The molecule has 2 aromatic carbocycles. The standard InChI is InChI=1S/C19H14ClN3O4/c1-21-14-8-7-10(20)9-12(14)15(16(21)18(25)26)23-17(24)11-5-3-4-6-13(11)22(2)19(23)27/h3-9H,1-2H3,(H,25,26). The van der Waals surface area contributed by atoms with Crippen molar-refractivity contribution >= 4 is 39.4 Å². The van der Waals surface area contributed by atoms with Gasteiger partial charge in [-0.25, -0.2) is 14.2 Å². The quantitative estimate of drug-likeness (QED) is 0.576. The van der Waals surface area contributed by atoms with Crippen molar-refractivity contribution in [3.8, 4) is 5.69 Å². The summed E-state index contributed by atoms with van der Waals surface area (Å²) in [4.78, 5) is 38.1. The van der Waals surface area contributed by atoms with Crippen molar-refractivity contribution in [2.45, 2.75) is 0 Å². The van der Waals surface area contributed by atoms with Gasteiger partial charge in [-0.3, -0.25) is 9.36 Å². The van der Waals surface area contributed by atoms with Crippen LogP contribution in [0.15, 0.2) is 52.1 Å². The summed E-state index contributed by atoms with van der Waals surface area (Å²) in [6.45, 7) is 0. The molecule has 4 aromatic rings. The van der Waals surface area contributed by atoms with Gasteiger partial charge in [0.1, 0.15) is 0 Å². The number of rotatable bonds is 2. The van der Waals surface area contributed by atoms with Gasteiger partial charge < -0.3 is 9.67 Å². The van der Waals surface area contributed by atoms with Gasteiger partial charge in [0.2, 0.25) is 0 Å². The summed E-state index contributed by atoms with van der Waals surface area (Å²) in [6.07, 6.45) is 0. The fourth-order valence-corrected chi connectivity index (χ4v) is 3.65. The van der Waals surface area contributed by atoms with Crippen LogP contribution in [0.2, 0.25) is 5.02 Å². The van der Waals surface area contributed by atoms with Gasteiger partial charge in [-0.15, -0.1) is 0 Å². The predicted octanol–water partition coefficient (Wildman–Crippen LogP) is 2.53. The molecule has 0 saturated carbocycles. The van der Waals surface area contributed by atoms with E-state index in [0.717, 1.165) is 4.57 Å². The number of carboxylic acid groups (broad SMARTS) is 1. The Bertz CT molecular complexity index is 1380. The second-order valence-corrected chi connectivity index (χ2v) is 6.66. The summed E-state index contributed by atoms with van der Waals surface area (Å²) < 4.78 is 3.67. The largest absolute Gasteiger partial charge is 0.477 e. The van der Waals surface area contributed by atoms with Gasteiger partial charge in [0.15, 0.2) is 5.69 Å². The molecule has 0 spiro atoms. The van der Waals surface area contributed by atoms with Crippen LogP contribution in [0.25, 0.3) is 27.5 Å². The van der Waals surface area contributed by atoms with E-state index in [0.29, 0.717) is 26.8 Å². The van der Waals surface area contributed by atoms with E-state index in [2.05, 4.69) is 0 Å². The zero-order chi connectivity index (χ0) is 19.5. The lowest BCUT2D eigenvalue weighted by Gasteiger charge is -2.11. The average molecular weight is 384 g/mol. The first-order chi connectivity index (χ1) is 12.8. The van der Waals surface area contributed by atoms with Gasteiger partial charge >= 0.3 is 11.7 Å². The third-order valence-corrected chi connectivity index (χ3v) is 4.97. The molecule has 0 aliphatic heterocycles. The highest BCUT2D eigenvalue weighted by Gasteiger charge is 2.25. The SMILES string of the molecule is Cn1c(C(=O)O)c(-n2c(=O)c3ccccc3n(C)c2=O)c2cc(Cl)ccc21. The fraction of sp³-hybridized carbons (Fsp3) is 0.105. The maximum Gasteiger partial charge on any atom is 0.354 e. The highest BCUT2D eigenvalue weighted by molar-refractivity contribution is 6.31. The zero-order valence-electron chi connectivity index (χ0n) is 14.4. The van der Waals surface area contributed by atoms with Crippen LogP contribution in [-0.2, 0) is 14.1 Å². The summed E-state index contributed by atoms with van der Waals surface area (Å²) in [5.41, 5.74) is -0.342. The van der Waals surface area contributed by atoms with Crippen LogP contribution >= 0.6 is 11.6 Å². The Morgan fingerprint density at radius 2 is 1.63 bits per heavy atom. The first-order valence-corrected chi connectivity index (χ1v) is 8.43. The van der Waals surface area contributed by atoms with Crippen molar-refractivity contribution in [2.24, 2.45) is 14.1 Å². The number of hydrogen-bond acceptors (Lipinski definition) is 3. The molecular weight excluding hydrogens is 370 g/mol. The number of fused-ring (bicyclic) bond motifs is 2. The smallest absolute Gasteiger partial charge is 0.354 e. The molecule has 136 valence electrons. The minimum absolute atomic E-state index is 0.0128. The van der Waals surface area contributed by atoms with E-state index in [-0.39, 0.29) is 11.4 Å². The number of hydrogen-bond donors (Lipinski definition) is 1. The van der Waals surface area contributed by atoms with Gasteiger partial charge in [-0.1, -0.05) is 23.7 Å². The second-order valence-electron chi connectivity index (χ2n) is 6.22. The second kappa shape index (κ2) is 5.85. The monoisotopic (exact) mass is 383 g/mol. The molecule has 0 fully saturated rings. The van der Waals surface area contributed by atoms with Crippen LogP contribution in [0.1, 0.15) is 10.5 Å². The molecule has 7 nitrogen and oxygen atoms in total. The Labute approximate surface area is 157 Å². The highest BCUT2D eigenvalue weighted by atomic mass is 35.5. The number of carbonyl (C=O) groups is 1. The minimum Gasteiger partial charge on any atom is -0.477 e. The Morgan fingerprint density at radius 3 is 2.33 bits per heavy atom. The molecule has 0 radical (unpaired) electrons. The van der Waals surface area contributed by atoms with Crippen LogP contribution in [-0.4, -0.2) is 24.8 Å². The summed E-state index contributed by atoms with van der Waals surface area (Å²) >= 11 is 6.10. The maximum atomic E-state index is 13.1. The summed E-state index contributed by atoms with van der Waals surface area (Å²) in [5.74, 6) is -1.25. The van der Waals surface area contributed by atoms with Crippen LogP contribution in [0, 0.1) is 0 Å². The molecule has 0 bridgehead atoms. The van der Waals surface area contributed by atoms with E-state index in [1.165, 1.54) is 9.13 Å². The first-order valence-electron chi connectivity index (χ1n) is 8.05. The average Bonchev–Trinajstić information content (AvgIpc) is 2.92. The molecule has 2 aromatic heterocycles. The van der Waals surface area contributed by atoms with E-state index < -0.39 is 17.2 Å². The van der Waals surface area contributed by atoms with Gasteiger partial charge in [0, 0.05) is 24.5 Å². The lowest BCUT2D eigenvalue weighted by molar-refractivity contribution is 0.0687. The van der Waals surface area contributed by atoms with Gasteiger partial charge in [0.25, 0.3) is 5.56 Å². The number of nitrogens with zero attached hydrogens (tertiary/aromatic N) is 3. The molecular formula is C19H14ClN3O4. The van der Waals surface area contributed by atoms with E-state index >= 15 is 0 Å². The number of aromatic nitrogens is 3. The number of benzene rings is 2. The van der Waals surface area contributed by atoms with Crippen LogP contribution in [0.5, 0.6) is 0 Å². The van der Waals surface area contributed by atoms with Crippen LogP contribution in [0.4, 0.5) is 0 Å². The first kappa shape index (κ1) is 17.1. The van der Waals surface area contributed by atoms with Crippen LogP contribution in [0.3, 0.4) is 0 Å². The summed E-state index contributed by atoms with van der Waals surface area (Å²) in [5, 5.41) is 10.9. The molecule has 1 N–H and O–H groups in total. The number of carboxylic acids is 1. The Morgan fingerprint density at radius 1 is 0.963 bits per heavy atom. The molecule has 0 unspecified atom stereocenters. The van der Waals surface area contributed by atoms with Crippen LogP contribution < -0.4 is 11.2 Å². The Kier molecular flexibility index (Phi) is 3.71. The van der Waals surface area contributed by atoms with E-state index in [1.54, 1.807) is 56.6 Å². The fourth-order valence-electron chi connectivity index (χ4n) is 3.47. The van der Waals surface area contributed by atoms with Crippen molar-refractivity contribution in [3.05, 3.63) is 74.0 Å². The third kappa shape index (κ3) is 2.32. The minimum atomic E-state index is -1.25. The topological polar surface area (TPSA) is 86.2 Å². The van der Waals surface area contributed by atoms with Crippen molar-refractivity contribution < 1.29 is 9.90 Å². The molecule has 8 heteroatoms. The number of aryl methyl sites for hydroxylation is 2. The van der Waals surface area contributed by atoms with Crippen molar-refractivity contribution in [1.29, 1.82) is 0 Å². The van der Waals surface area contributed by atoms with E-state index in [4.69, 9.17) is 11.6 Å². The Hall–Kier alpha value is -3.32. The molecule has 2 heterocycles. The number of halogens is 1. The molecule has 0 aliphatic rings. The lowest BCUT2D eigenvalue weighted by atomic mass is 10.2. The van der Waals surface area contributed by atoms with Gasteiger partial charge in [-0.05, 0) is 30.3 Å². The van der Waals surface area contributed by atoms with E-state index in [9.17, 15) is 19.5 Å². The third-order valence-electron chi connectivity index (χ3n) is 4.74. The molecule has 0 saturated heterocycles. The summed E-state index contributed by atoms with van der Waals surface area (Å²) in [7, 11) is 3.11. The van der Waals surface area contributed by atoms with Crippen molar-refractivity contribution in [2.75, 3.05) is 0 Å². The number of aromatic carboxylic acids is 1. The lowest BCUT2D eigenvalue weighted by Crippen LogP contribution is -2.38. The normalized spacial score (nSPS) is 11.4. The van der Waals surface area contributed by atoms with Gasteiger partial charge in [-0.2, -0.15) is 0 Å². The molecule has 4 rings (SSSR count). The predicted molar refractivity (Wildman–Crippen MR) is 103 cm³/mol. The molecule has 0 atom stereocenters. The summed E-state index contributed by atoms with van der Waals surface area (Å²) in [6, 6.07) is 11.5. The molecule has 27 heavy (non-hydrogen) atoms. The highest BCUT2D eigenvalue weighted by Crippen LogP contribution is 2.30.